The van der Waals surface area contributed by atoms with Gasteiger partial charge >= 0.3 is 11.9 Å². The van der Waals surface area contributed by atoms with E-state index in [4.69, 9.17) is 14.2 Å². The van der Waals surface area contributed by atoms with Crippen molar-refractivity contribution in [2.75, 3.05) is 13.7 Å². The van der Waals surface area contributed by atoms with Gasteiger partial charge in [-0.2, -0.15) is 0 Å². The van der Waals surface area contributed by atoms with Crippen LogP contribution in [0.5, 0.6) is 5.75 Å². The first-order valence-corrected chi connectivity index (χ1v) is 5.67. The number of carbonyl (C=O) groups excluding carboxylic acids is 2. The Hall–Kier alpha value is -2.04. The molecule has 0 aromatic heterocycles. The van der Waals surface area contributed by atoms with Gasteiger partial charge in [0, 0.05) is 0 Å². The predicted molar refractivity (Wildman–Crippen MR) is 62.2 cm³/mol. The molecule has 1 aliphatic heterocycles. The van der Waals surface area contributed by atoms with E-state index in [-0.39, 0.29) is 13.2 Å². The van der Waals surface area contributed by atoms with Crippen molar-refractivity contribution >= 4 is 11.9 Å². The average molecular weight is 250 g/mol. The van der Waals surface area contributed by atoms with Crippen molar-refractivity contribution in [1.29, 1.82) is 0 Å². The van der Waals surface area contributed by atoms with Crippen molar-refractivity contribution < 1.29 is 23.8 Å². The van der Waals surface area contributed by atoms with Gasteiger partial charge in [-0.25, -0.2) is 0 Å². The van der Waals surface area contributed by atoms with E-state index in [2.05, 4.69) is 0 Å². The number of hydrogen-bond acceptors (Lipinski definition) is 5. The highest BCUT2D eigenvalue weighted by Crippen LogP contribution is 2.31. The van der Waals surface area contributed by atoms with Gasteiger partial charge < -0.3 is 14.2 Å². The number of esters is 2. The van der Waals surface area contributed by atoms with Crippen molar-refractivity contribution in [3.63, 3.8) is 0 Å². The van der Waals surface area contributed by atoms with E-state index in [0.717, 1.165) is 5.56 Å². The summed E-state index contributed by atoms with van der Waals surface area (Å²) in [5.41, 5.74) is 1.40. The quantitative estimate of drug-likeness (QED) is 0.599. The lowest BCUT2D eigenvalue weighted by Crippen LogP contribution is -2.30. The molecule has 0 saturated heterocycles. The molecule has 1 unspecified atom stereocenters. The molecule has 0 amide bonds. The summed E-state index contributed by atoms with van der Waals surface area (Å²) in [5.74, 6) is -1.58. The molecule has 0 fully saturated rings. The van der Waals surface area contributed by atoms with Crippen LogP contribution in [0.4, 0.5) is 0 Å². The standard InChI is InChI=1S/C13H14O5/c1-3-17-12(14)11-10-6-9(16-2)5-4-8(10)7-18-13(11)15/h4-6,11H,3,7H2,1-2H3. The number of hydrogen-bond donors (Lipinski definition) is 0. The van der Waals surface area contributed by atoms with Gasteiger partial charge in [0.05, 0.1) is 13.7 Å². The second kappa shape index (κ2) is 5.08. The maximum atomic E-state index is 11.8. The fourth-order valence-electron chi connectivity index (χ4n) is 1.91. The minimum atomic E-state index is -1.01. The third-order valence-corrected chi connectivity index (χ3v) is 2.79. The summed E-state index contributed by atoms with van der Waals surface area (Å²) in [7, 11) is 1.53. The van der Waals surface area contributed by atoms with Crippen LogP contribution < -0.4 is 4.74 Å². The molecule has 5 nitrogen and oxygen atoms in total. The lowest BCUT2D eigenvalue weighted by atomic mass is 9.92. The lowest BCUT2D eigenvalue weighted by molar-refractivity contribution is -0.159. The van der Waals surface area contributed by atoms with Gasteiger partial charge in [0.2, 0.25) is 0 Å². The number of methoxy groups -OCH3 is 1. The Bertz CT molecular complexity index is 480. The number of ether oxygens (including phenoxy) is 3. The largest absolute Gasteiger partial charge is 0.497 e. The molecule has 0 bridgehead atoms. The van der Waals surface area contributed by atoms with Gasteiger partial charge in [-0.05, 0) is 30.2 Å². The second-order valence-electron chi connectivity index (χ2n) is 3.86. The van der Waals surface area contributed by atoms with Crippen molar-refractivity contribution in [3.8, 4) is 5.75 Å². The van der Waals surface area contributed by atoms with Crippen LogP contribution in [0.2, 0.25) is 0 Å². The van der Waals surface area contributed by atoms with Crippen LogP contribution in [0.1, 0.15) is 24.0 Å². The lowest BCUT2D eigenvalue weighted by Gasteiger charge is -2.23. The molecule has 1 heterocycles. The molecule has 0 spiro atoms. The van der Waals surface area contributed by atoms with Crippen LogP contribution >= 0.6 is 0 Å². The fourth-order valence-corrected chi connectivity index (χ4v) is 1.91. The molecule has 96 valence electrons. The number of carbonyl (C=O) groups is 2. The van der Waals surface area contributed by atoms with E-state index < -0.39 is 17.9 Å². The van der Waals surface area contributed by atoms with Crippen molar-refractivity contribution in [2.45, 2.75) is 19.4 Å². The minimum absolute atomic E-state index is 0.175. The predicted octanol–water partition coefficient (Wildman–Crippen LogP) is 1.40. The molecule has 0 radical (unpaired) electrons. The van der Waals surface area contributed by atoms with Crippen LogP contribution in [0.25, 0.3) is 0 Å². The maximum Gasteiger partial charge on any atom is 0.325 e. The van der Waals surface area contributed by atoms with Gasteiger partial charge in [0.15, 0.2) is 5.92 Å². The highest BCUT2D eigenvalue weighted by atomic mass is 16.6. The summed E-state index contributed by atoms with van der Waals surface area (Å²) >= 11 is 0. The van der Waals surface area contributed by atoms with Crippen molar-refractivity contribution in [1.82, 2.24) is 0 Å². The summed E-state index contributed by atoms with van der Waals surface area (Å²) < 4.78 is 15.0. The minimum Gasteiger partial charge on any atom is -0.497 e. The molecular formula is C13H14O5. The van der Waals surface area contributed by atoms with Crippen LogP contribution in [-0.2, 0) is 25.7 Å². The van der Waals surface area contributed by atoms with Crippen LogP contribution in [0.3, 0.4) is 0 Å². The third-order valence-electron chi connectivity index (χ3n) is 2.79. The maximum absolute atomic E-state index is 11.8. The Morgan fingerprint density at radius 1 is 1.50 bits per heavy atom. The molecule has 1 aliphatic rings. The zero-order valence-electron chi connectivity index (χ0n) is 10.3. The van der Waals surface area contributed by atoms with E-state index in [1.807, 2.05) is 0 Å². The molecule has 18 heavy (non-hydrogen) atoms. The zero-order valence-corrected chi connectivity index (χ0v) is 10.3. The topological polar surface area (TPSA) is 61.8 Å². The molecule has 0 N–H and O–H groups in total. The Labute approximate surface area is 105 Å². The van der Waals surface area contributed by atoms with Crippen LogP contribution in [0, 0.1) is 0 Å². The van der Waals surface area contributed by atoms with Gasteiger partial charge in [0.25, 0.3) is 0 Å². The number of fused-ring (bicyclic) bond motifs is 1. The molecule has 1 aromatic rings. The van der Waals surface area contributed by atoms with E-state index >= 15 is 0 Å². The van der Waals surface area contributed by atoms with Gasteiger partial charge in [-0.15, -0.1) is 0 Å². The Morgan fingerprint density at radius 2 is 2.28 bits per heavy atom. The number of rotatable bonds is 3. The van der Waals surface area contributed by atoms with E-state index in [1.54, 1.807) is 25.1 Å². The normalized spacial score (nSPS) is 17.7. The smallest absolute Gasteiger partial charge is 0.325 e. The van der Waals surface area contributed by atoms with Crippen LogP contribution in [0.15, 0.2) is 18.2 Å². The first kappa shape index (κ1) is 12.4. The van der Waals surface area contributed by atoms with Gasteiger partial charge in [0.1, 0.15) is 12.4 Å². The number of cyclic esters (lactones) is 1. The van der Waals surface area contributed by atoms with Crippen molar-refractivity contribution in [2.24, 2.45) is 0 Å². The monoisotopic (exact) mass is 250 g/mol. The third kappa shape index (κ3) is 2.16. The molecule has 1 aromatic carbocycles. The molecule has 1 atom stereocenters. The van der Waals surface area contributed by atoms with E-state index in [1.165, 1.54) is 7.11 Å². The molecule has 0 saturated carbocycles. The van der Waals surface area contributed by atoms with E-state index in [9.17, 15) is 9.59 Å². The Balaban J connectivity index is 2.42. The first-order chi connectivity index (χ1) is 8.67. The summed E-state index contributed by atoms with van der Waals surface area (Å²) in [6, 6.07) is 5.23. The molecular weight excluding hydrogens is 236 g/mol. The zero-order chi connectivity index (χ0) is 13.1. The molecule has 5 heteroatoms. The highest BCUT2D eigenvalue weighted by Gasteiger charge is 2.37. The first-order valence-electron chi connectivity index (χ1n) is 5.67. The second-order valence-corrected chi connectivity index (χ2v) is 3.86. The van der Waals surface area contributed by atoms with Crippen LogP contribution in [-0.4, -0.2) is 25.7 Å². The Kier molecular flexibility index (Phi) is 3.50. The summed E-state index contributed by atoms with van der Waals surface area (Å²) in [6.45, 7) is 2.09. The van der Waals surface area contributed by atoms with Crippen molar-refractivity contribution in [3.05, 3.63) is 29.3 Å². The SMILES string of the molecule is CCOC(=O)C1C(=O)OCc2ccc(OC)cc21. The summed E-state index contributed by atoms with van der Waals surface area (Å²) in [5, 5.41) is 0. The summed E-state index contributed by atoms with van der Waals surface area (Å²) in [6.07, 6.45) is 0. The number of benzene rings is 1. The summed E-state index contributed by atoms with van der Waals surface area (Å²) in [4.78, 5) is 23.5. The average Bonchev–Trinajstić information content (AvgIpc) is 2.38. The molecule has 2 rings (SSSR count). The van der Waals surface area contributed by atoms with Gasteiger partial charge in [-0.3, -0.25) is 9.59 Å². The van der Waals surface area contributed by atoms with Gasteiger partial charge in [-0.1, -0.05) is 6.07 Å². The van der Waals surface area contributed by atoms with E-state index in [0.29, 0.717) is 11.3 Å². The fraction of sp³-hybridized carbons (Fsp3) is 0.385. The Morgan fingerprint density at radius 3 is 2.94 bits per heavy atom. The molecule has 0 aliphatic carbocycles. The highest BCUT2D eigenvalue weighted by molar-refractivity contribution is 6.02.